The highest BCUT2D eigenvalue weighted by molar-refractivity contribution is 5.91. The number of pyridine rings is 2. The van der Waals surface area contributed by atoms with Gasteiger partial charge in [-0.2, -0.15) is 0 Å². The van der Waals surface area contributed by atoms with Gasteiger partial charge in [0.2, 0.25) is 5.69 Å². The molecule has 28 heavy (non-hydrogen) atoms. The zero-order valence-electron chi connectivity index (χ0n) is 15.8. The van der Waals surface area contributed by atoms with Gasteiger partial charge in [0.15, 0.2) is 0 Å². The molecule has 6 heteroatoms. The van der Waals surface area contributed by atoms with Gasteiger partial charge in [-0.05, 0) is 25.0 Å². The van der Waals surface area contributed by atoms with Gasteiger partial charge in [-0.3, -0.25) is 4.98 Å². The van der Waals surface area contributed by atoms with Crippen LogP contribution in [0.25, 0.3) is 16.8 Å². The molecule has 6 nitrogen and oxygen atoms in total. The lowest BCUT2D eigenvalue weighted by atomic mass is 10.0. The van der Waals surface area contributed by atoms with Crippen LogP contribution in [0.4, 0.5) is 0 Å². The zero-order valence-corrected chi connectivity index (χ0v) is 15.8. The lowest BCUT2D eigenvalue weighted by Gasteiger charge is -2.10. The summed E-state index contributed by atoms with van der Waals surface area (Å²) in [7, 11) is 0. The third kappa shape index (κ3) is 4.06. The summed E-state index contributed by atoms with van der Waals surface area (Å²) in [5, 5.41) is 0. The second-order valence-corrected chi connectivity index (χ2v) is 5.86. The van der Waals surface area contributed by atoms with Crippen LogP contribution in [0.3, 0.4) is 0 Å². The van der Waals surface area contributed by atoms with Crippen LogP contribution in [-0.2, 0) is 9.47 Å². The quantitative estimate of drug-likeness (QED) is 0.487. The van der Waals surface area contributed by atoms with E-state index in [0.29, 0.717) is 5.69 Å². The molecule has 3 rings (SSSR count). The molecule has 0 aliphatic rings. The minimum absolute atomic E-state index is 0.222. The van der Waals surface area contributed by atoms with Gasteiger partial charge >= 0.3 is 11.9 Å². The monoisotopic (exact) mass is 377 g/mol. The van der Waals surface area contributed by atoms with Crippen LogP contribution >= 0.6 is 0 Å². The number of ether oxygens (including phenoxy) is 2. The maximum atomic E-state index is 12.7. The SMILES string of the molecule is CCOC(=O)c1cc(-c2ccccc2)cc(C(=O)OCC)[n+]1-c1ccncc1. The molecule has 0 aliphatic carbocycles. The van der Waals surface area contributed by atoms with E-state index in [1.807, 2.05) is 30.3 Å². The first-order chi connectivity index (χ1) is 13.7. The summed E-state index contributed by atoms with van der Waals surface area (Å²) >= 11 is 0. The van der Waals surface area contributed by atoms with Gasteiger partial charge in [-0.15, -0.1) is 4.57 Å². The Hall–Kier alpha value is -3.54. The number of nitrogens with zero attached hydrogens (tertiary/aromatic N) is 2. The largest absolute Gasteiger partial charge is 0.458 e. The second kappa shape index (κ2) is 8.90. The number of carbonyl (C=O) groups excluding carboxylic acids is 2. The van der Waals surface area contributed by atoms with Crippen molar-refractivity contribution in [1.29, 1.82) is 0 Å². The molecular weight excluding hydrogens is 356 g/mol. The Kier molecular flexibility index (Phi) is 6.11. The molecule has 0 aliphatic heterocycles. The molecule has 0 atom stereocenters. The summed E-state index contributed by atoms with van der Waals surface area (Å²) in [6, 6.07) is 16.4. The summed E-state index contributed by atoms with van der Waals surface area (Å²) in [6.07, 6.45) is 3.19. The Labute approximate surface area is 163 Å². The number of carbonyl (C=O) groups is 2. The van der Waals surface area contributed by atoms with E-state index in [4.69, 9.17) is 9.47 Å². The predicted molar refractivity (Wildman–Crippen MR) is 103 cm³/mol. The van der Waals surface area contributed by atoms with Gasteiger partial charge < -0.3 is 9.47 Å². The molecule has 0 spiro atoms. The Bertz CT molecular complexity index is 933. The Morgan fingerprint density at radius 3 is 1.86 bits per heavy atom. The summed E-state index contributed by atoms with van der Waals surface area (Å²) < 4.78 is 12.0. The van der Waals surface area contributed by atoms with Crippen LogP contribution in [-0.4, -0.2) is 30.1 Å². The highest BCUT2D eigenvalue weighted by atomic mass is 16.5. The molecule has 0 N–H and O–H groups in total. The third-order valence-corrected chi connectivity index (χ3v) is 4.06. The predicted octanol–water partition coefficient (Wildman–Crippen LogP) is 3.38. The molecule has 2 heterocycles. The number of benzene rings is 1. The molecule has 1 aromatic carbocycles. The average molecular weight is 377 g/mol. The molecule has 0 unspecified atom stereocenters. The van der Waals surface area contributed by atoms with Crippen molar-refractivity contribution in [3.05, 3.63) is 78.4 Å². The fourth-order valence-electron chi connectivity index (χ4n) is 2.87. The second-order valence-electron chi connectivity index (χ2n) is 5.86. The molecule has 0 amide bonds. The summed E-state index contributed by atoms with van der Waals surface area (Å²) in [5.41, 5.74) is 2.67. The van der Waals surface area contributed by atoms with E-state index in [2.05, 4.69) is 4.98 Å². The van der Waals surface area contributed by atoms with Crippen molar-refractivity contribution in [1.82, 2.24) is 4.98 Å². The van der Waals surface area contributed by atoms with Crippen LogP contribution in [0.2, 0.25) is 0 Å². The van der Waals surface area contributed by atoms with Crippen molar-refractivity contribution >= 4 is 11.9 Å². The maximum absolute atomic E-state index is 12.7. The van der Waals surface area contributed by atoms with Crippen molar-refractivity contribution in [2.45, 2.75) is 13.8 Å². The number of hydrogen-bond donors (Lipinski definition) is 0. The van der Waals surface area contributed by atoms with E-state index < -0.39 is 11.9 Å². The first-order valence-corrected chi connectivity index (χ1v) is 9.05. The first kappa shape index (κ1) is 19.2. The normalized spacial score (nSPS) is 10.4. The van der Waals surface area contributed by atoms with Gasteiger partial charge in [0, 0.05) is 36.7 Å². The van der Waals surface area contributed by atoms with E-state index in [-0.39, 0.29) is 24.6 Å². The zero-order chi connectivity index (χ0) is 19.9. The topological polar surface area (TPSA) is 69.4 Å². The molecule has 0 fully saturated rings. The molecule has 142 valence electrons. The molecule has 0 saturated carbocycles. The maximum Gasteiger partial charge on any atom is 0.404 e. The van der Waals surface area contributed by atoms with E-state index in [1.165, 1.54) is 0 Å². The van der Waals surface area contributed by atoms with Crippen LogP contribution in [0.1, 0.15) is 34.8 Å². The molecule has 2 aromatic heterocycles. The lowest BCUT2D eigenvalue weighted by Crippen LogP contribution is -2.45. The molecule has 0 radical (unpaired) electrons. The Morgan fingerprint density at radius 1 is 0.821 bits per heavy atom. The van der Waals surface area contributed by atoms with Crippen LogP contribution < -0.4 is 4.57 Å². The van der Waals surface area contributed by atoms with E-state index in [9.17, 15) is 9.59 Å². The van der Waals surface area contributed by atoms with Gasteiger partial charge in [0.05, 0.1) is 13.2 Å². The van der Waals surface area contributed by atoms with Crippen LogP contribution in [0.5, 0.6) is 0 Å². The number of esters is 2. The standard InChI is InChI=1S/C22H21N2O4/c1-3-27-21(25)19-14-17(16-8-6-5-7-9-16)15-20(22(26)28-4-2)24(19)18-10-12-23-13-11-18/h5-15H,3-4H2,1-2H3/q+1. The number of hydrogen-bond acceptors (Lipinski definition) is 5. The van der Waals surface area contributed by atoms with Crippen molar-refractivity contribution in [3.8, 4) is 16.8 Å². The fourth-order valence-corrected chi connectivity index (χ4v) is 2.87. The minimum atomic E-state index is -0.525. The van der Waals surface area contributed by atoms with Crippen LogP contribution in [0.15, 0.2) is 67.0 Å². The number of aromatic nitrogens is 2. The van der Waals surface area contributed by atoms with Gasteiger partial charge in [-0.1, -0.05) is 30.3 Å². The van der Waals surface area contributed by atoms with E-state index in [0.717, 1.165) is 11.1 Å². The molecule has 0 saturated heterocycles. The smallest absolute Gasteiger partial charge is 0.404 e. The highest BCUT2D eigenvalue weighted by Gasteiger charge is 2.32. The van der Waals surface area contributed by atoms with Crippen molar-refractivity contribution in [2.75, 3.05) is 13.2 Å². The Morgan fingerprint density at radius 2 is 1.36 bits per heavy atom. The van der Waals surface area contributed by atoms with Gasteiger partial charge in [-0.25, -0.2) is 9.59 Å². The van der Waals surface area contributed by atoms with Crippen molar-refractivity contribution in [2.24, 2.45) is 0 Å². The lowest BCUT2D eigenvalue weighted by molar-refractivity contribution is -0.601. The third-order valence-electron chi connectivity index (χ3n) is 4.06. The summed E-state index contributed by atoms with van der Waals surface area (Å²) in [5.74, 6) is -1.05. The average Bonchev–Trinajstić information content (AvgIpc) is 2.74. The molecule has 3 aromatic rings. The Balaban J connectivity index is 2.31. The minimum Gasteiger partial charge on any atom is -0.458 e. The van der Waals surface area contributed by atoms with Gasteiger partial charge in [0.1, 0.15) is 0 Å². The number of rotatable bonds is 6. The highest BCUT2D eigenvalue weighted by Crippen LogP contribution is 2.22. The van der Waals surface area contributed by atoms with Crippen molar-refractivity contribution < 1.29 is 23.6 Å². The summed E-state index contributed by atoms with van der Waals surface area (Å²) in [6.45, 7) is 3.92. The van der Waals surface area contributed by atoms with Gasteiger partial charge in [0.25, 0.3) is 11.4 Å². The van der Waals surface area contributed by atoms with E-state index >= 15 is 0 Å². The summed E-state index contributed by atoms with van der Waals surface area (Å²) in [4.78, 5) is 29.5. The van der Waals surface area contributed by atoms with Crippen molar-refractivity contribution in [3.63, 3.8) is 0 Å². The molecule has 0 bridgehead atoms. The van der Waals surface area contributed by atoms with Crippen LogP contribution in [0, 0.1) is 0 Å². The molecular formula is C22H21N2O4+. The van der Waals surface area contributed by atoms with E-state index in [1.54, 1.807) is 55.1 Å². The first-order valence-electron chi connectivity index (χ1n) is 9.05. The fraction of sp³-hybridized carbons (Fsp3) is 0.182.